The highest BCUT2D eigenvalue weighted by molar-refractivity contribution is 6.05. The van der Waals surface area contributed by atoms with Crippen molar-refractivity contribution >= 4 is 29.9 Å². The lowest BCUT2D eigenvalue weighted by Crippen LogP contribution is -2.36. The molecule has 0 atom stereocenters. The van der Waals surface area contributed by atoms with Crippen LogP contribution in [0.25, 0.3) is 0 Å². The van der Waals surface area contributed by atoms with E-state index in [1.54, 1.807) is 12.4 Å². The highest BCUT2D eigenvalue weighted by Crippen LogP contribution is 2.24. The van der Waals surface area contributed by atoms with Crippen molar-refractivity contribution in [2.75, 3.05) is 11.6 Å². The Labute approximate surface area is 168 Å². The van der Waals surface area contributed by atoms with E-state index in [2.05, 4.69) is 10.1 Å². The van der Waals surface area contributed by atoms with Crippen LogP contribution in [-0.4, -0.2) is 23.4 Å². The SMILES string of the molecule is Cl.O=C1COC(c2ccccc2OCc2cccnc2)=NN1c1ccccc1. The smallest absolute Gasteiger partial charge is 0.285 e. The number of benzene rings is 2. The quantitative estimate of drug-likeness (QED) is 0.659. The summed E-state index contributed by atoms with van der Waals surface area (Å²) in [6, 6.07) is 20.5. The summed E-state index contributed by atoms with van der Waals surface area (Å²) in [5.74, 6) is 0.751. The third kappa shape index (κ3) is 4.29. The van der Waals surface area contributed by atoms with Gasteiger partial charge in [0.1, 0.15) is 12.4 Å². The molecule has 1 aliphatic heterocycles. The van der Waals surface area contributed by atoms with E-state index >= 15 is 0 Å². The molecule has 0 fully saturated rings. The first-order valence-corrected chi connectivity index (χ1v) is 8.52. The van der Waals surface area contributed by atoms with Crippen LogP contribution in [0.1, 0.15) is 11.1 Å². The second kappa shape index (κ2) is 9.01. The first kappa shape index (κ1) is 19.4. The van der Waals surface area contributed by atoms with Gasteiger partial charge in [0.25, 0.3) is 5.91 Å². The van der Waals surface area contributed by atoms with Crippen LogP contribution < -0.4 is 9.75 Å². The lowest BCUT2D eigenvalue weighted by Gasteiger charge is -2.24. The number of nitrogens with zero attached hydrogens (tertiary/aromatic N) is 3. The molecule has 0 saturated carbocycles. The van der Waals surface area contributed by atoms with Crippen molar-refractivity contribution in [3.8, 4) is 5.75 Å². The second-order valence-electron chi connectivity index (χ2n) is 5.88. The minimum absolute atomic E-state index is 0. The lowest BCUT2D eigenvalue weighted by molar-refractivity contribution is -0.121. The third-order valence-corrected chi connectivity index (χ3v) is 3.99. The zero-order chi connectivity index (χ0) is 18.5. The van der Waals surface area contributed by atoms with Gasteiger partial charge in [0, 0.05) is 18.0 Å². The maximum atomic E-state index is 12.2. The highest BCUT2D eigenvalue weighted by atomic mass is 35.5. The number of aromatic nitrogens is 1. The van der Waals surface area contributed by atoms with E-state index in [1.165, 1.54) is 5.01 Å². The number of hydrazone groups is 1. The minimum Gasteiger partial charge on any atom is -0.488 e. The highest BCUT2D eigenvalue weighted by Gasteiger charge is 2.25. The molecule has 0 aliphatic carbocycles. The van der Waals surface area contributed by atoms with E-state index < -0.39 is 0 Å². The normalized spacial score (nSPS) is 13.2. The Morgan fingerprint density at radius 2 is 1.79 bits per heavy atom. The van der Waals surface area contributed by atoms with Crippen molar-refractivity contribution in [2.45, 2.75) is 6.61 Å². The Bertz CT molecular complexity index is 965. The van der Waals surface area contributed by atoms with E-state index in [0.717, 1.165) is 5.56 Å². The molecule has 0 bridgehead atoms. The molecule has 2 aromatic carbocycles. The van der Waals surface area contributed by atoms with Crippen LogP contribution in [0.4, 0.5) is 5.69 Å². The van der Waals surface area contributed by atoms with E-state index in [-0.39, 0.29) is 24.9 Å². The molecule has 28 heavy (non-hydrogen) atoms. The Kier molecular flexibility index (Phi) is 6.24. The summed E-state index contributed by atoms with van der Waals surface area (Å²) >= 11 is 0. The Hall–Kier alpha value is -3.38. The van der Waals surface area contributed by atoms with Crippen molar-refractivity contribution in [3.63, 3.8) is 0 Å². The number of rotatable bonds is 5. The molecule has 6 nitrogen and oxygen atoms in total. The standard InChI is InChI=1S/C21H17N3O3.ClH/c25-20-15-27-21(23-24(20)17-8-2-1-3-9-17)18-10-4-5-11-19(18)26-14-16-7-6-12-22-13-16;/h1-13H,14-15H2;1H. The number of pyridine rings is 1. The summed E-state index contributed by atoms with van der Waals surface area (Å²) in [5, 5.41) is 5.76. The maximum absolute atomic E-state index is 12.2. The number of hydrogen-bond donors (Lipinski definition) is 0. The number of carbonyl (C=O) groups excluding carboxylic acids is 1. The molecule has 7 heteroatoms. The van der Waals surface area contributed by atoms with Crippen molar-refractivity contribution in [3.05, 3.63) is 90.3 Å². The van der Waals surface area contributed by atoms with Crippen LogP contribution >= 0.6 is 12.4 Å². The minimum atomic E-state index is -0.223. The van der Waals surface area contributed by atoms with Crippen LogP contribution in [0.2, 0.25) is 0 Å². The fourth-order valence-corrected chi connectivity index (χ4v) is 2.68. The van der Waals surface area contributed by atoms with Gasteiger partial charge in [-0.3, -0.25) is 9.78 Å². The van der Waals surface area contributed by atoms with Gasteiger partial charge in [-0.2, -0.15) is 5.01 Å². The molecule has 0 radical (unpaired) electrons. The molecule has 3 aromatic rings. The number of carbonyl (C=O) groups is 1. The number of anilines is 1. The van der Waals surface area contributed by atoms with Gasteiger partial charge in [0.2, 0.25) is 5.90 Å². The van der Waals surface area contributed by atoms with Crippen molar-refractivity contribution < 1.29 is 14.3 Å². The van der Waals surface area contributed by atoms with E-state index in [9.17, 15) is 4.79 Å². The third-order valence-electron chi connectivity index (χ3n) is 3.99. The van der Waals surface area contributed by atoms with E-state index in [4.69, 9.17) is 9.47 Å². The van der Waals surface area contributed by atoms with Crippen LogP contribution in [-0.2, 0) is 16.1 Å². The fraction of sp³-hybridized carbons (Fsp3) is 0.0952. The molecule has 0 spiro atoms. The van der Waals surface area contributed by atoms with E-state index in [0.29, 0.717) is 29.5 Å². The van der Waals surface area contributed by atoms with Crippen LogP contribution in [0.5, 0.6) is 5.75 Å². The number of amides is 1. The summed E-state index contributed by atoms with van der Waals surface area (Å²) in [6.07, 6.45) is 3.48. The Morgan fingerprint density at radius 1 is 1.00 bits per heavy atom. The van der Waals surface area contributed by atoms with Crippen LogP contribution in [0.3, 0.4) is 0 Å². The predicted octanol–water partition coefficient (Wildman–Crippen LogP) is 3.81. The first-order chi connectivity index (χ1) is 13.3. The molecule has 1 aliphatic rings. The molecular formula is C21H18ClN3O3. The molecule has 0 saturated heterocycles. The molecule has 0 unspecified atom stereocenters. The summed E-state index contributed by atoms with van der Waals surface area (Å²) in [4.78, 5) is 16.3. The van der Waals surface area contributed by atoms with Gasteiger partial charge in [-0.25, -0.2) is 0 Å². The summed E-state index contributed by atoms with van der Waals surface area (Å²) in [7, 11) is 0. The first-order valence-electron chi connectivity index (χ1n) is 8.52. The zero-order valence-corrected chi connectivity index (χ0v) is 15.7. The molecule has 2 heterocycles. The number of ether oxygens (including phenoxy) is 2. The van der Waals surface area contributed by atoms with Gasteiger partial charge >= 0.3 is 0 Å². The zero-order valence-electron chi connectivity index (χ0n) is 14.9. The molecule has 4 rings (SSSR count). The molecule has 1 amide bonds. The lowest BCUT2D eigenvalue weighted by atomic mass is 10.2. The van der Waals surface area contributed by atoms with Crippen LogP contribution in [0.15, 0.2) is 84.2 Å². The molecule has 1 aromatic heterocycles. The second-order valence-corrected chi connectivity index (χ2v) is 5.88. The fourth-order valence-electron chi connectivity index (χ4n) is 2.68. The van der Waals surface area contributed by atoms with Gasteiger partial charge in [0.15, 0.2) is 6.61 Å². The number of hydrogen-bond acceptors (Lipinski definition) is 5. The maximum Gasteiger partial charge on any atom is 0.285 e. The number of para-hydroxylation sites is 2. The van der Waals surface area contributed by atoms with Crippen molar-refractivity contribution in [1.82, 2.24) is 4.98 Å². The topological polar surface area (TPSA) is 64.0 Å². The average Bonchev–Trinajstić information content (AvgIpc) is 2.74. The Balaban J connectivity index is 0.00000225. The van der Waals surface area contributed by atoms with Gasteiger partial charge < -0.3 is 9.47 Å². The number of halogens is 1. The molecule has 142 valence electrons. The predicted molar refractivity (Wildman–Crippen MR) is 109 cm³/mol. The van der Waals surface area contributed by atoms with Crippen LogP contribution in [0, 0.1) is 0 Å². The average molecular weight is 396 g/mol. The summed E-state index contributed by atoms with van der Waals surface area (Å²) in [6.45, 7) is 0.296. The van der Waals surface area contributed by atoms with Crippen molar-refractivity contribution in [1.29, 1.82) is 0 Å². The van der Waals surface area contributed by atoms with Gasteiger partial charge in [0.05, 0.1) is 11.3 Å². The Morgan fingerprint density at radius 3 is 2.57 bits per heavy atom. The van der Waals surface area contributed by atoms with E-state index in [1.807, 2.05) is 66.7 Å². The monoisotopic (exact) mass is 395 g/mol. The van der Waals surface area contributed by atoms with Gasteiger partial charge in [-0.05, 0) is 30.3 Å². The van der Waals surface area contributed by atoms with Gasteiger partial charge in [-0.1, -0.05) is 36.4 Å². The molecule has 0 N–H and O–H groups in total. The van der Waals surface area contributed by atoms with Gasteiger partial charge in [-0.15, -0.1) is 17.5 Å². The molecular weight excluding hydrogens is 378 g/mol. The summed E-state index contributed by atoms with van der Waals surface area (Å²) < 4.78 is 11.5. The van der Waals surface area contributed by atoms with Crippen molar-refractivity contribution in [2.24, 2.45) is 5.10 Å². The largest absolute Gasteiger partial charge is 0.488 e. The summed E-state index contributed by atoms with van der Waals surface area (Å²) in [5.41, 5.74) is 2.34.